The molecule has 0 amide bonds. The molecule has 1 unspecified atom stereocenters. The minimum absolute atomic E-state index is 0.653. The van der Waals surface area contributed by atoms with Gasteiger partial charge in [-0.1, -0.05) is 13.1 Å². The molecule has 0 aromatic rings. The summed E-state index contributed by atoms with van der Waals surface area (Å²) in [7, 11) is 1.31. The third-order valence-electron chi connectivity index (χ3n) is 1.28. The van der Waals surface area contributed by atoms with Crippen LogP contribution in [-0.4, -0.2) is 20.0 Å². The molecule has 0 spiro atoms. The first-order valence-electron chi connectivity index (χ1n) is 3.05. The molecule has 1 heterocycles. The van der Waals surface area contributed by atoms with Gasteiger partial charge in [-0.15, -0.1) is 0 Å². The maximum Gasteiger partial charge on any atom is 0.117 e. The van der Waals surface area contributed by atoms with E-state index in [0.29, 0.717) is 6.10 Å². The fourth-order valence-electron chi connectivity index (χ4n) is 0.667. The Bertz CT molecular complexity index is 52.0. The summed E-state index contributed by atoms with van der Waals surface area (Å²) in [6.07, 6.45) is 3.28. The predicted octanol–water partition coefficient (Wildman–Crippen LogP) is 0.678. The zero-order chi connectivity index (χ0) is 5.11. The lowest BCUT2D eigenvalue weighted by Crippen LogP contribution is -1.86. The van der Waals surface area contributed by atoms with Crippen molar-refractivity contribution >= 4 is 7.28 Å². The molecule has 40 valence electrons. The second-order valence-corrected chi connectivity index (χ2v) is 2.10. The van der Waals surface area contributed by atoms with Gasteiger partial charge in [0.2, 0.25) is 0 Å². The van der Waals surface area contributed by atoms with Gasteiger partial charge in [0.1, 0.15) is 7.28 Å². The van der Waals surface area contributed by atoms with Crippen molar-refractivity contribution in [2.24, 2.45) is 0 Å². The molecule has 7 heavy (non-hydrogen) atoms. The van der Waals surface area contributed by atoms with Gasteiger partial charge >= 0.3 is 0 Å². The predicted molar refractivity (Wildman–Crippen MR) is 32.2 cm³/mol. The van der Waals surface area contributed by atoms with Gasteiger partial charge in [-0.3, -0.25) is 0 Å². The van der Waals surface area contributed by atoms with Crippen LogP contribution >= 0.6 is 0 Å². The molecule has 2 heteroatoms. The number of hydrogen-bond acceptors (Lipinski definition) is 1. The first-order chi connectivity index (χ1) is 3.43. The van der Waals surface area contributed by atoms with Crippen molar-refractivity contribution in [1.29, 1.82) is 0 Å². The lowest BCUT2D eigenvalue weighted by atomic mass is 9.76. The molecule has 0 aromatic heterocycles. The Hall–Kier alpha value is 0.0249. The Kier molecular flexibility index (Phi) is 1.74. The van der Waals surface area contributed by atoms with Crippen LogP contribution in [0.4, 0.5) is 0 Å². The number of hydrogen-bond donors (Lipinski definition) is 0. The summed E-state index contributed by atoms with van der Waals surface area (Å²) in [6.45, 7) is 3.24. The monoisotopic (exact) mass is 98.1 g/mol. The molecule has 1 fully saturated rings. The number of epoxide rings is 1. The summed E-state index contributed by atoms with van der Waals surface area (Å²) < 4.78 is 5.01. The van der Waals surface area contributed by atoms with Crippen LogP contribution in [0.1, 0.15) is 6.42 Å². The van der Waals surface area contributed by atoms with Gasteiger partial charge in [0, 0.05) is 0 Å². The molecule has 1 aliphatic heterocycles. The summed E-state index contributed by atoms with van der Waals surface area (Å²) in [6, 6.07) is 0. The zero-order valence-electron chi connectivity index (χ0n) is 4.81. The van der Waals surface area contributed by atoms with Crippen LogP contribution in [0, 0.1) is 0 Å². The standard InChI is InChI=1S/C5H11BO/c1-6-3-2-5-4-7-5/h5-6H,2-4H2,1H3. The molecule has 1 aliphatic rings. The van der Waals surface area contributed by atoms with Crippen molar-refractivity contribution in [3.05, 3.63) is 0 Å². The number of rotatable bonds is 3. The van der Waals surface area contributed by atoms with E-state index in [9.17, 15) is 0 Å². The van der Waals surface area contributed by atoms with E-state index >= 15 is 0 Å². The summed E-state index contributed by atoms with van der Waals surface area (Å²) in [4.78, 5) is 0. The fraction of sp³-hybridized carbons (Fsp3) is 1.00. The summed E-state index contributed by atoms with van der Waals surface area (Å²) >= 11 is 0. The molecule has 0 N–H and O–H groups in total. The Morgan fingerprint density at radius 1 is 1.86 bits per heavy atom. The van der Waals surface area contributed by atoms with Crippen LogP contribution in [0.3, 0.4) is 0 Å². The Morgan fingerprint density at radius 3 is 3.00 bits per heavy atom. The highest BCUT2D eigenvalue weighted by molar-refractivity contribution is 6.33. The van der Waals surface area contributed by atoms with E-state index < -0.39 is 0 Å². The van der Waals surface area contributed by atoms with Gasteiger partial charge in [0.05, 0.1) is 12.7 Å². The van der Waals surface area contributed by atoms with E-state index in [1.54, 1.807) is 0 Å². The summed E-state index contributed by atoms with van der Waals surface area (Å²) in [5, 5.41) is 0. The number of ether oxygens (including phenoxy) is 1. The second-order valence-electron chi connectivity index (χ2n) is 2.10. The van der Waals surface area contributed by atoms with Crippen molar-refractivity contribution in [3.8, 4) is 0 Å². The molecule has 0 aliphatic carbocycles. The highest BCUT2D eigenvalue weighted by Gasteiger charge is 2.20. The Balaban J connectivity index is 1.80. The van der Waals surface area contributed by atoms with Crippen molar-refractivity contribution in [2.45, 2.75) is 25.7 Å². The van der Waals surface area contributed by atoms with Gasteiger partial charge < -0.3 is 4.74 Å². The molecule has 0 bridgehead atoms. The molecule has 1 saturated heterocycles. The highest BCUT2D eigenvalue weighted by atomic mass is 16.6. The van der Waals surface area contributed by atoms with Crippen LogP contribution in [0.2, 0.25) is 13.1 Å². The third-order valence-corrected chi connectivity index (χ3v) is 1.28. The van der Waals surface area contributed by atoms with Crippen LogP contribution in [0.25, 0.3) is 0 Å². The third kappa shape index (κ3) is 1.98. The molecule has 1 nitrogen and oxygen atoms in total. The molecule has 0 aromatic carbocycles. The van der Waals surface area contributed by atoms with Gasteiger partial charge in [0.15, 0.2) is 0 Å². The summed E-state index contributed by atoms with van der Waals surface area (Å²) in [5.41, 5.74) is 0. The van der Waals surface area contributed by atoms with Crippen molar-refractivity contribution < 1.29 is 4.74 Å². The average Bonchev–Trinajstić information content (AvgIpc) is 2.42. The lowest BCUT2D eigenvalue weighted by Gasteiger charge is -1.84. The van der Waals surface area contributed by atoms with E-state index in [-0.39, 0.29) is 0 Å². The zero-order valence-corrected chi connectivity index (χ0v) is 4.81. The lowest BCUT2D eigenvalue weighted by molar-refractivity contribution is 0.403. The Labute approximate surface area is 45.3 Å². The second kappa shape index (κ2) is 2.36. The van der Waals surface area contributed by atoms with Crippen LogP contribution in [-0.2, 0) is 4.74 Å². The van der Waals surface area contributed by atoms with E-state index in [0.717, 1.165) is 6.61 Å². The van der Waals surface area contributed by atoms with Crippen molar-refractivity contribution in [2.75, 3.05) is 6.61 Å². The van der Waals surface area contributed by atoms with Gasteiger partial charge in [-0.25, -0.2) is 0 Å². The largest absolute Gasteiger partial charge is 0.373 e. The minimum atomic E-state index is 0.653. The van der Waals surface area contributed by atoms with Crippen molar-refractivity contribution in [3.63, 3.8) is 0 Å². The topological polar surface area (TPSA) is 12.5 Å². The average molecular weight is 98.0 g/mol. The van der Waals surface area contributed by atoms with Gasteiger partial charge in [0.25, 0.3) is 0 Å². The normalized spacial score (nSPS) is 27.3. The van der Waals surface area contributed by atoms with Gasteiger partial charge in [-0.05, 0) is 6.42 Å². The first kappa shape index (κ1) is 5.17. The van der Waals surface area contributed by atoms with E-state index in [1.807, 2.05) is 0 Å². The fourth-order valence-corrected chi connectivity index (χ4v) is 0.667. The smallest absolute Gasteiger partial charge is 0.117 e. The van der Waals surface area contributed by atoms with Crippen LogP contribution in [0.5, 0.6) is 0 Å². The maximum atomic E-state index is 5.01. The van der Waals surface area contributed by atoms with Crippen molar-refractivity contribution in [1.82, 2.24) is 0 Å². The molecule has 1 atom stereocenters. The van der Waals surface area contributed by atoms with Gasteiger partial charge in [-0.2, -0.15) is 0 Å². The molecule has 1 rings (SSSR count). The maximum absolute atomic E-state index is 5.01. The molecular formula is C5H11BO. The van der Waals surface area contributed by atoms with E-state index in [4.69, 9.17) is 4.74 Å². The first-order valence-corrected chi connectivity index (χ1v) is 3.05. The van der Waals surface area contributed by atoms with E-state index in [2.05, 4.69) is 6.82 Å². The molecular weight excluding hydrogens is 86.9 g/mol. The molecule has 0 saturated carbocycles. The quantitative estimate of drug-likeness (QED) is 0.373. The molecule has 0 radical (unpaired) electrons. The minimum Gasteiger partial charge on any atom is -0.373 e. The highest BCUT2D eigenvalue weighted by Crippen LogP contribution is 2.14. The van der Waals surface area contributed by atoms with Crippen LogP contribution < -0.4 is 0 Å². The van der Waals surface area contributed by atoms with E-state index in [1.165, 1.54) is 20.0 Å². The Morgan fingerprint density at radius 2 is 2.57 bits per heavy atom. The van der Waals surface area contributed by atoms with Crippen LogP contribution in [0.15, 0.2) is 0 Å². The SMILES string of the molecule is CBCCC1CO1. The summed E-state index contributed by atoms with van der Waals surface area (Å²) in [5.74, 6) is 0.